The molecule has 0 spiro atoms. The molecule has 0 fully saturated rings. The highest BCUT2D eigenvalue weighted by Gasteiger charge is 2.36. The summed E-state index contributed by atoms with van der Waals surface area (Å²) in [5, 5.41) is 24.1. The Balaban J connectivity index is 1.30. The van der Waals surface area contributed by atoms with Crippen LogP contribution in [0.25, 0.3) is 16.3 Å². The number of carbonyl (C=O) groups excluding carboxylic acids is 2. The maximum Gasteiger partial charge on any atom is 0.341 e. The molecule has 0 aromatic heterocycles. The second-order valence-electron chi connectivity index (χ2n) is 13.1. The number of phenolic OH excluding ortho intramolecular Hbond substituents is 1. The van der Waals surface area contributed by atoms with E-state index in [1.807, 2.05) is 24.3 Å². The van der Waals surface area contributed by atoms with Gasteiger partial charge in [0.15, 0.2) is 0 Å². The average molecular weight is 643 g/mol. The van der Waals surface area contributed by atoms with Gasteiger partial charge in [-0.2, -0.15) is 0 Å². The summed E-state index contributed by atoms with van der Waals surface area (Å²) in [4.78, 5) is 24.7. The maximum atomic E-state index is 12.6. The molecular weight excluding hydrogens is 588 g/mol. The Labute approximate surface area is 281 Å². The van der Waals surface area contributed by atoms with Gasteiger partial charge in [-0.15, -0.1) is 0 Å². The zero-order valence-electron chi connectivity index (χ0n) is 28.5. The molecule has 0 amide bonds. The third kappa shape index (κ3) is 9.93. The lowest BCUT2D eigenvalue weighted by molar-refractivity contribution is -0.103. The van der Waals surface area contributed by atoms with Crippen LogP contribution >= 0.6 is 0 Å². The van der Waals surface area contributed by atoms with Gasteiger partial charge >= 0.3 is 5.97 Å². The van der Waals surface area contributed by atoms with Gasteiger partial charge in [-0.1, -0.05) is 128 Å². The van der Waals surface area contributed by atoms with Gasteiger partial charge in [0.25, 0.3) is 0 Å². The number of esters is 1. The minimum Gasteiger partial charge on any atom is -0.506 e. The molecule has 254 valence electrons. The fourth-order valence-corrected chi connectivity index (χ4v) is 6.84. The van der Waals surface area contributed by atoms with E-state index in [4.69, 9.17) is 9.47 Å². The number of phenols is 1. The van der Waals surface area contributed by atoms with Crippen molar-refractivity contribution in [2.45, 2.75) is 122 Å². The van der Waals surface area contributed by atoms with Crippen molar-refractivity contribution in [3.8, 4) is 11.5 Å². The number of allylic oxidation sites excluding steroid dienone is 1. The van der Waals surface area contributed by atoms with Crippen LogP contribution in [0.1, 0.15) is 137 Å². The first-order valence-corrected chi connectivity index (χ1v) is 17.9. The number of aliphatic hydroxyl groups is 1. The highest BCUT2D eigenvalue weighted by molar-refractivity contribution is 6.09. The van der Waals surface area contributed by atoms with Gasteiger partial charge in [0.2, 0.25) is 0 Å². The molecule has 4 rings (SSSR count). The monoisotopic (exact) mass is 642 g/mol. The van der Waals surface area contributed by atoms with Gasteiger partial charge in [-0.25, -0.2) is 4.79 Å². The number of hydrogen-bond donors (Lipinski definition) is 2. The summed E-state index contributed by atoms with van der Waals surface area (Å²) >= 11 is 0. The molecule has 1 unspecified atom stereocenters. The predicted molar refractivity (Wildman–Crippen MR) is 190 cm³/mol. The molecule has 3 aromatic rings. The lowest BCUT2D eigenvalue weighted by Gasteiger charge is -2.32. The molecular formula is C41H54O6. The van der Waals surface area contributed by atoms with E-state index in [1.54, 1.807) is 24.3 Å². The Morgan fingerprint density at radius 3 is 2.00 bits per heavy atom. The van der Waals surface area contributed by atoms with Crippen LogP contribution in [0.4, 0.5) is 0 Å². The minimum absolute atomic E-state index is 0.0508. The Morgan fingerprint density at radius 1 is 0.809 bits per heavy atom. The van der Waals surface area contributed by atoms with E-state index >= 15 is 0 Å². The third-order valence-corrected chi connectivity index (χ3v) is 9.53. The molecule has 0 radical (unpaired) electrons. The molecule has 0 bridgehead atoms. The van der Waals surface area contributed by atoms with Crippen LogP contribution in [0.3, 0.4) is 0 Å². The van der Waals surface area contributed by atoms with Crippen LogP contribution in [-0.2, 0) is 21.6 Å². The van der Waals surface area contributed by atoms with E-state index in [2.05, 4.69) is 6.92 Å². The van der Waals surface area contributed by atoms with Gasteiger partial charge in [0.05, 0.1) is 13.7 Å². The highest BCUT2D eigenvalue weighted by Crippen LogP contribution is 2.44. The van der Waals surface area contributed by atoms with Gasteiger partial charge in [0, 0.05) is 17.4 Å². The lowest BCUT2D eigenvalue weighted by Crippen LogP contribution is -2.30. The SMILES string of the molecule is CCCCCCCCCCCCCCCCCCOc1ccc2c(O)c(C(=O)OC)cc(C3(O)C=C(C=O)c4ccccc4C3)c2c1. The van der Waals surface area contributed by atoms with E-state index in [0.29, 0.717) is 34.3 Å². The number of carbonyl (C=O) groups is 2. The van der Waals surface area contributed by atoms with Crippen LogP contribution in [0.2, 0.25) is 0 Å². The zero-order chi connectivity index (χ0) is 33.5. The van der Waals surface area contributed by atoms with Crippen LogP contribution in [0.5, 0.6) is 11.5 Å². The Morgan fingerprint density at radius 2 is 1.40 bits per heavy atom. The third-order valence-electron chi connectivity index (χ3n) is 9.53. The van der Waals surface area contributed by atoms with Crippen molar-refractivity contribution in [1.29, 1.82) is 0 Å². The summed E-state index contributed by atoms with van der Waals surface area (Å²) in [5.41, 5.74) is 0.692. The smallest absolute Gasteiger partial charge is 0.341 e. The molecule has 6 heteroatoms. The molecule has 1 atom stereocenters. The molecule has 0 saturated carbocycles. The quantitative estimate of drug-likeness (QED) is 0.0682. The molecule has 0 saturated heterocycles. The molecule has 0 aliphatic heterocycles. The number of benzene rings is 3. The molecule has 47 heavy (non-hydrogen) atoms. The van der Waals surface area contributed by atoms with Gasteiger partial charge in [-0.3, -0.25) is 4.79 Å². The minimum atomic E-state index is -1.61. The maximum absolute atomic E-state index is 12.6. The lowest BCUT2D eigenvalue weighted by atomic mass is 9.76. The molecule has 2 N–H and O–H groups in total. The Bertz CT molecular complexity index is 1490. The summed E-state index contributed by atoms with van der Waals surface area (Å²) in [5.74, 6) is -0.322. The van der Waals surface area contributed by atoms with E-state index in [1.165, 1.54) is 103 Å². The number of aldehydes is 1. The first-order valence-electron chi connectivity index (χ1n) is 17.9. The summed E-state index contributed by atoms with van der Waals surface area (Å²) < 4.78 is 11.0. The van der Waals surface area contributed by atoms with Gasteiger partial charge < -0.3 is 19.7 Å². The van der Waals surface area contributed by atoms with Gasteiger partial charge in [-0.05, 0) is 58.8 Å². The first kappa shape index (κ1) is 36.2. The van der Waals surface area contributed by atoms with E-state index in [0.717, 1.165) is 30.3 Å². The largest absolute Gasteiger partial charge is 0.506 e. The van der Waals surface area contributed by atoms with Crippen molar-refractivity contribution >= 4 is 28.6 Å². The number of aromatic hydroxyl groups is 1. The topological polar surface area (TPSA) is 93.1 Å². The number of ether oxygens (including phenoxy) is 2. The van der Waals surface area contributed by atoms with Crippen molar-refractivity contribution in [2.24, 2.45) is 0 Å². The zero-order valence-corrected chi connectivity index (χ0v) is 28.5. The number of fused-ring (bicyclic) bond motifs is 2. The van der Waals surface area contributed by atoms with E-state index in [-0.39, 0.29) is 17.7 Å². The number of hydrogen-bond acceptors (Lipinski definition) is 6. The number of rotatable bonds is 21. The predicted octanol–water partition coefficient (Wildman–Crippen LogP) is 10.00. The van der Waals surface area contributed by atoms with Crippen molar-refractivity contribution in [3.05, 3.63) is 76.9 Å². The second kappa shape index (κ2) is 18.6. The molecule has 0 heterocycles. The van der Waals surface area contributed by atoms with Crippen molar-refractivity contribution in [2.75, 3.05) is 13.7 Å². The summed E-state index contributed by atoms with van der Waals surface area (Å²) in [6.07, 6.45) is 23.5. The fraction of sp³-hybridized carbons (Fsp3) is 0.512. The van der Waals surface area contributed by atoms with Crippen molar-refractivity contribution in [3.63, 3.8) is 0 Å². The van der Waals surface area contributed by atoms with E-state index < -0.39 is 11.6 Å². The summed E-state index contributed by atoms with van der Waals surface area (Å²) in [6, 6.07) is 14.2. The highest BCUT2D eigenvalue weighted by atomic mass is 16.5. The average Bonchev–Trinajstić information content (AvgIpc) is 3.08. The Hall–Kier alpha value is -3.64. The molecule has 6 nitrogen and oxygen atoms in total. The van der Waals surface area contributed by atoms with Crippen molar-refractivity contribution < 1.29 is 29.3 Å². The van der Waals surface area contributed by atoms with Crippen LogP contribution in [0.15, 0.2) is 54.6 Å². The summed E-state index contributed by atoms with van der Waals surface area (Å²) in [6.45, 7) is 2.84. The van der Waals surface area contributed by atoms with E-state index in [9.17, 15) is 19.8 Å². The van der Waals surface area contributed by atoms with Gasteiger partial charge in [0.1, 0.15) is 28.9 Å². The van der Waals surface area contributed by atoms with Crippen LogP contribution in [-0.4, -0.2) is 36.2 Å². The Kier molecular flexibility index (Phi) is 14.4. The number of unbranched alkanes of at least 4 members (excludes halogenated alkanes) is 15. The van der Waals surface area contributed by atoms with Crippen molar-refractivity contribution in [1.82, 2.24) is 0 Å². The molecule has 1 aliphatic rings. The fourth-order valence-electron chi connectivity index (χ4n) is 6.84. The van der Waals surface area contributed by atoms with Crippen LogP contribution in [0, 0.1) is 0 Å². The first-order chi connectivity index (χ1) is 22.9. The van der Waals surface area contributed by atoms with Crippen LogP contribution < -0.4 is 4.74 Å². The molecule has 3 aromatic carbocycles. The normalized spacial score (nSPS) is 15.7. The number of methoxy groups -OCH3 is 1. The molecule has 1 aliphatic carbocycles. The summed E-state index contributed by atoms with van der Waals surface area (Å²) in [7, 11) is 1.25. The standard InChI is InChI=1S/C41H54O6/c1-3-4-5-6-7-8-9-10-11-12-13-14-15-16-17-20-25-47-33-23-24-35-36(26-33)38(27-37(39(35)43)40(44)46-2)41(45)28-31-21-18-19-22-34(31)32(29-41)30-42/h18-19,21-24,26-27,29-30,43,45H,3-17,20,25,28H2,1-2H3. The second-order valence-corrected chi connectivity index (χ2v) is 13.1.